The van der Waals surface area contributed by atoms with Crippen LogP contribution < -0.4 is 10.6 Å². The van der Waals surface area contributed by atoms with Crippen molar-refractivity contribution in [1.29, 1.82) is 0 Å². The Morgan fingerprint density at radius 3 is 2.52 bits per heavy atom. The lowest BCUT2D eigenvalue weighted by Crippen LogP contribution is -2.54. The van der Waals surface area contributed by atoms with Gasteiger partial charge in [0.05, 0.1) is 12.1 Å². The molecule has 0 radical (unpaired) electrons. The zero-order chi connectivity index (χ0) is 18.6. The number of rotatable bonds is 5. The quantitative estimate of drug-likeness (QED) is 0.861. The summed E-state index contributed by atoms with van der Waals surface area (Å²) in [4.78, 5) is 25.9. The number of nitrogens with zero attached hydrogens (tertiary/aromatic N) is 1. The van der Waals surface area contributed by atoms with Crippen molar-refractivity contribution in [3.8, 4) is 0 Å². The summed E-state index contributed by atoms with van der Waals surface area (Å²) in [5.41, 5.74) is 2.33. The number of hydrogen-bond donors (Lipinski definition) is 2. The Bertz CT molecular complexity index is 617. The van der Waals surface area contributed by atoms with E-state index in [2.05, 4.69) is 36.6 Å². The van der Waals surface area contributed by atoms with Crippen LogP contribution in [-0.4, -0.2) is 41.9 Å². The molecule has 0 unspecified atom stereocenters. The molecule has 2 N–H and O–H groups in total. The summed E-state index contributed by atoms with van der Waals surface area (Å²) in [6.45, 7) is 11.2. The van der Waals surface area contributed by atoms with E-state index in [0.717, 1.165) is 25.1 Å². The molecular formula is C20H31N3O2. The first-order valence-corrected chi connectivity index (χ1v) is 9.17. The highest BCUT2D eigenvalue weighted by Gasteiger charge is 2.29. The van der Waals surface area contributed by atoms with Crippen LogP contribution in [0.4, 0.5) is 0 Å². The smallest absolute Gasteiger partial charge is 0.237 e. The van der Waals surface area contributed by atoms with Crippen LogP contribution in [0.25, 0.3) is 0 Å². The summed E-state index contributed by atoms with van der Waals surface area (Å²) in [5.74, 6) is 0.474. The van der Waals surface area contributed by atoms with Gasteiger partial charge in [-0.05, 0) is 44.2 Å². The average Bonchev–Trinajstić information content (AvgIpc) is 2.56. The van der Waals surface area contributed by atoms with Crippen molar-refractivity contribution in [3.05, 3.63) is 35.4 Å². The number of amides is 2. The molecule has 0 aliphatic carbocycles. The van der Waals surface area contributed by atoms with Gasteiger partial charge in [0, 0.05) is 26.1 Å². The summed E-state index contributed by atoms with van der Waals surface area (Å²) in [6.07, 6.45) is 0.881. The highest BCUT2D eigenvalue weighted by molar-refractivity contribution is 5.81. The van der Waals surface area contributed by atoms with E-state index < -0.39 is 0 Å². The number of carbonyl (C=O) groups excluding carboxylic acids is 2. The van der Waals surface area contributed by atoms with Crippen LogP contribution in [0.15, 0.2) is 24.3 Å². The molecule has 1 aliphatic heterocycles. The highest BCUT2D eigenvalue weighted by atomic mass is 16.2. The number of nitrogens with one attached hydrogen (secondary N) is 2. The second-order valence-corrected chi connectivity index (χ2v) is 7.31. The number of benzene rings is 1. The third kappa shape index (κ3) is 5.05. The molecule has 5 nitrogen and oxygen atoms in total. The van der Waals surface area contributed by atoms with Crippen molar-refractivity contribution in [3.63, 3.8) is 0 Å². The maximum atomic E-state index is 12.6. The van der Waals surface area contributed by atoms with E-state index in [4.69, 9.17) is 0 Å². The summed E-state index contributed by atoms with van der Waals surface area (Å²) in [7, 11) is 0. The molecule has 0 bridgehead atoms. The molecule has 1 aliphatic rings. The fourth-order valence-electron chi connectivity index (χ4n) is 3.56. The Balaban J connectivity index is 1.88. The van der Waals surface area contributed by atoms with Crippen molar-refractivity contribution in [1.82, 2.24) is 15.5 Å². The number of hydrogen-bond acceptors (Lipinski definition) is 3. The number of likely N-dealkylation sites (tertiary alicyclic amines) is 1. The molecule has 5 heteroatoms. The average molecular weight is 345 g/mol. The molecule has 1 heterocycles. The summed E-state index contributed by atoms with van der Waals surface area (Å²) in [5, 5.41) is 6.55. The van der Waals surface area contributed by atoms with Gasteiger partial charge in [-0.15, -0.1) is 0 Å². The molecule has 2 rings (SSSR count). The molecule has 25 heavy (non-hydrogen) atoms. The van der Waals surface area contributed by atoms with Crippen LogP contribution in [-0.2, 0) is 9.59 Å². The van der Waals surface area contributed by atoms with Gasteiger partial charge in [-0.3, -0.25) is 9.59 Å². The zero-order valence-corrected chi connectivity index (χ0v) is 16.0. The summed E-state index contributed by atoms with van der Waals surface area (Å²) >= 11 is 0. The molecule has 1 aromatic carbocycles. The predicted octanol–water partition coefficient (Wildman–Crippen LogP) is 2.41. The minimum absolute atomic E-state index is 0.0111. The van der Waals surface area contributed by atoms with Gasteiger partial charge < -0.3 is 15.5 Å². The Morgan fingerprint density at radius 2 is 1.92 bits per heavy atom. The minimum Gasteiger partial charge on any atom is -0.348 e. The summed E-state index contributed by atoms with van der Waals surface area (Å²) in [6, 6.07) is 8.09. The van der Waals surface area contributed by atoms with Gasteiger partial charge in [0.25, 0.3) is 0 Å². The lowest BCUT2D eigenvalue weighted by atomic mass is 9.93. The van der Waals surface area contributed by atoms with Crippen molar-refractivity contribution in [2.45, 2.75) is 59.2 Å². The van der Waals surface area contributed by atoms with Gasteiger partial charge in [-0.1, -0.05) is 31.2 Å². The van der Waals surface area contributed by atoms with Gasteiger partial charge in [-0.2, -0.15) is 0 Å². The van der Waals surface area contributed by atoms with E-state index >= 15 is 0 Å². The van der Waals surface area contributed by atoms with E-state index in [1.54, 1.807) is 6.92 Å². The SMILES string of the molecule is CC(=O)N1CC[C@H](N[C@H](C)C(=O)N[C@@H](C)c2ccccc2C)[C@H](C)C1. The second kappa shape index (κ2) is 8.48. The van der Waals surface area contributed by atoms with Crippen LogP contribution in [0.5, 0.6) is 0 Å². The first-order valence-electron chi connectivity index (χ1n) is 9.17. The molecule has 4 atom stereocenters. The molecule has 1 fully saturated rings. The van der Waals surface area contributed by atoms with Crippen LogP contribution in [0.1, 0.15) is 51.3 Å². The molecule has 1 aromatic rings. The number of aryl methyl sites for hydroxylation is 1. The van der Waals surface area contributed by atoms with Crippen LogP contribution in [0, 0.1) is 12.8 Å². The fraction of sp³-hybridized carbons (Fsp3) is 0.600. The number of piperidine rings is 1. The maximum absolute atomic E-state index is 12.6. The van der Waals surface area contributed by atoms with E-state index in [-0.39, 0.29) is 29.9 Å². The lowest BCUT2D eigenvalue weighted by molar-refractivity contribution is -0.131. The first-order chi connectivity index (χ1) is 11.8. The van der Waals surface area contributed by atoms with Crippen LogP contribution in [0.2, 0.25) is 0 Å². The molecule has 1 saturated heterocycles. The molecule has 0 spiro atoms. The Kier molecular flexibility index (Phi) is 6.59. The van der Waals surface area contributed by atoms with Crippen molar-refractivity contribution in [2.24, 2.45) is 5.92 Å². The predicted molar refractivity (Wildman–Crippen MR) is 100 cm³/mol. The van der Waals surface area contributed by atoms with E-state index in [0.29, 0.717) is 5.92 Å². The third-order valence-electron chi connectivity index (χ3n) is 5.22. The number of carbonyl (C=O) groups is 2. The van der Waals surface area contributed by atoms with Gasteiger partial charge in [0.1, 0.15) is 0 Å². The maximum Gasteiger partial charge on any atom is 0.237 e. The topological polar surface area (TPSA) is 61.4 Å². The largest absolute Gasteiger partial charge is 0.348 e. The Labute approximate surface area is 151 Å². The van der Waals surface area contributed by atoms with Crippen molar-refractivity contribution < 1.29 is 9.59 Å². The molecule has 0 saturated carbocycles. The van der Waals surface area contributed by atoms with Crippen molar-refractivity contribution in [2.75, 3.05) is 13.1 Å². The fourth-order valence-corrected chi connectivity index (χ4v) is 3.56. The summed E-state index contributed by atoms with van der Waals surface area (Å²) < 4.78 is 0. The standard InChI is InChI=1S/C20H31N3O2/c1-13-8-6-7-9-18(13)15(3)22-20(25)16(4)21-19-10-11-23(17(5)24)12-14(19)2/h6-9,14-16,19,21H,10-12H2,1-5H3,(H,22,25)/t14-,15+,16-,19+/m1/s1. The van der Waals surface area contributed by atoms with Crippen LogP contribution >= 0.6 is 0 Å². The van der Waals surface area contributed by atoms with E-state index in [9.17, 15) is 9.59 Å². The van der Waals surface area contributed by atoms with Gasteiger partial charge >= 0.3 is 0 Å². The molecule has 0 aromatic heterocycles. The lowest BCUT2D eigenvalue weighted by Gasteiger charge is -2.38. The molecular weight excluding hydrogens is 314 g/mol. The Hall–Kier alpha value is -1.88. The monoisotopic (exact) mass is 345 g/mol. The molecule has 2 amide bonds. The second-order valence-electron chi connectivity index (χ2n) is 7.31. The normalized spacial score (nSPS) is 23.0. The van der Waals surface area contributed by atoms with Gasteiger partial charge in [0.15, 0.2) is 0 Å². The minimum atomic E-state index is -0.261. The molecule has 138 valence electrons. The van der Waals surface area contributed by atoms with Crippen molar-refractivity contribution >= 4 is 11.8 Å². The van der Waals surface area contributed by atoms with Gasteiger partial charge in [0.2, 0.25) is 11.8 Å². The van der Waals surface area contributed by atoms with E-state index in [1.165, 1.54) is 5.56 Å². The first kappa shape index (κ1) is 19.4. The zero-order valence-electron chi connectivity index (χ0n) is 16.0. The highest BCUT2D eigenvalue weighted by Crippen LogP contribution is 2.19. The van der Waals surface area contributed by atoms with E-state index in [1.807, 2.05) is 30.9 Å². The van der Waals surface area contributed by atoms with Gasteiger partial charge in [-0.25, -0.2) is 0 Å². The Morgan fingerprint density at radius 1 is 1.24 bits per heavy atom. The van der Waals surface area contributed by atoms with Crippen LogP contribution in [0.3, 0.4) is 0 Å². The third-order valence-corrected chi connectivity index (χ3v) is 5.22.